The Morgan fingerprint density at radius 3 is 2.19 bits per heavy atom. The summed E-state index contributed by atoms with van der Waals surface area (Å²) in [4.78, 5) is 25.5. The van der Waals surface area contributed by atoms with Crippen molar-refractivity contribution in [3.63, 3.8) is 0 Å². The fourth-order valence-corrected chi connectivity index (χ4v) is 3.25. The first-order chi connectivity index (χ1) is 15.3. The average molecular weight is 441 g/mol. The van der Waals surface area contributed by atoms with Gasteiger partial charge in [0.1, 0.15) is 11.8 Å². The molecule has 0 unspecified atom stereocenters. The van der Waals surface area contributed by atoms with E-state index in [1.54, 1.807) is 7.11 Å². The predicted molar refractivity (Wildman–Crippen MR) is 124 cm³/mol. The molecular formula is C23H32BN3O5. The summed E-state index contributed by atoms with van der Waals surface area (Å²) in [6.07, 6.45) is 0.678. The SMILES string of the molecule is COc1ccc(CNC(=O)[C@H](Cc2ccccc2)NC(=O)N[C@@H](CC(C)C)B(O)O)cc1. The monoisotopic (exact) mass is 441 g/mol. The minimum atomic E-state index is -1.69. The van der Waals surface area contributed by atoms with Crippen LogP contribution in [0.15, 0.2) is 54.6 Å². The number of carbonyl (C=O) groups is 2. The lowest BCUT2D eigenvalue weighted by Crippen LogP contribution is -2.55. The lowest BCUT2D eigenvalue weighted by Gasteiger charge is -2.23. The highest BCUT2D eigenvalue weighted by molar-refractivity contribution is 6.43. The maximum Gasteiger partial charge on any atom is 0.475 e. The molecule has 0 saturated carbocycles. The molecule has 2 atom stereocenters. The fraction of sp³-hybridized carbons (Fsp3) is 0.391. The third kappa shape index (κ3) is 8.60. The highest BCUT2D eigenvalue weighted by Crippen LogP contribution is 2.11. The van der Waals surface area contributed by atoms with Gasteiger partial charge in [0.05, 0.1) is 13.1 Å². The van der Waals surface area contributed by atoms with Crippen molar-refractivity contribution < 1.29 is 24.4 Å². The molecule has 172 valence electrons. The highest BCUT2D eigenvalue weighted by Gasteiger charge is 2.28. The van der Waals surface area contributed by atoms with Crippen LogP contribution in [0, 0.1) is 5.92 Å². The number of rotatable bonds is 11. The summed E-state index contributed by atoms with van der Waals surface area (Å²) < 4.78 is 5.14. The van der Waals surface area contributed by atoms with Crippen molar-refractivity contribution in [2.45, 2.75) is 45.2 Å². The third-order valence-electron chi connectivity index (χ3n) is 4.93. The van der Waals surface area contributed by atoms with Crippen LogP contribution in [0.3, 0.4) is 0 Å². The van der Waals surface area contributed by atoms with Gasteiger partial charge in [0.2, 0.25) is 5.91 Å². The highest BCUT2D eigenvalue weighted by atomic mass is 16.5. The van der Waals surface area contributed by atoms with Crippen molar-refractivity contribution in [2.24, 2.45) is 5.92 Å². The summed E-state index contributed by atoms with van der Waals surface area (Å²) in [7, 11) is -0.108. The van der Waals surface area contributed by atoms with Crippen LogP contribution < -0.4 is 20.7 Å². The van der Waals surface area contributed by atoms with Crippen molar-refractivity contribution in [3.05, 3.63) is 65.7 Å². The van der Waals surface area contributed by atoms with Crippen LogP contribution in [0.5, 0.6) is 5.75 Å². The van der Waals surface area contributed by atoms with E-state index in [2.05, 4.69) is 16.0 Å². The van der Waals surface area contributed by atoms with Gasteiger partial charge < -0.3 is 30.7 Å². The van der Waals surface area contributed by atoms with Crippen LogP contribution >= 0.6 is 0 Å². The Labute approximate surface area is 189 Å². The van der Waals surface area contributed by atoms with E-state index >= 15 is 0 Å². The Hall–Kier alpha value is -3.04. The van der Waals surface area contributed by atoms with Crippen molar-refractivity contribution in [1.82, 2.24) is 16.0 Å². The van der Waals surface area contributed by atoms with Crippen molar-refractivity contribution >= 4 is 19.1 Å². The van der Waals surface area contributed by atoms with E-state index < -0.39 is 25.1 Å². The van der Waals surface area contributed by atoms with Gasteiger partial charge in [0.25, 0.3) is 0 Å². The number of urea groups is 1. The van der Waals surface area contributed by atoms with Crippen LogP contribution in [-0.2, 0) is 17.8 Å². The first-order valence-corrected chi connectivity index (χ1v) is 10.7. The summed E-state index contributed by atoms with van der Waals surface area (Å²) in [6, 6.07) is 15.2. The van der Waals surface area contributed by atoms with Crippen LogP contribution in [0.1, 0.15) is 31.4 Å². The quantitative estimate of drug-likeness (QED) is 0.340. The maximum atomic E-state index is 12.9. The number of methoxy groups -OCH3 is 1. The zero-order valence-electron chi connectivity index (χ0n) is 18.7. The molecule has 2 rings (SSSR count). The molecule has 0 aliphatic rings. The molecule has 9 heteroatoms. The zero-order chi connectivity index (χ0) is 23.5. The Morgan fingerprint density at radius 1 is 0.969 bits per heavy atom. The van der Waals surface area contributed by atoms with Gasteiger partial charge in [-0.15, -0.1) is 0 Å². The van der Waals surface area contributed by atoms with E-state index in [-0.39, 0.29) is 11.8 Å². The van der Waals surface area contributed by atoms with Gasteiger partial charge in [0, 0.05) is 13.0 Å². The minimum absolute atomic E-state index is 0.148. The summed E-state index contributed by atoms with van der Waals surface area (Å²) in [6.45, 7) is 4.13. The Balaban J connectivity index is 2.05. The predicted octanol–water partition coefficient (Wildman–Crippen LogP) is 1.65. The molecule has 3 amide bonds. The second-order valence-corrected chi connectivity index (χ2v) is 8.08. The molecule has 0 saturated heterocycles. The van der Waals surface area contributed by atoms with E-state index in [1.165, 1.54) is 0 Å². The summed E-state index contributed by atoms with van der Waals surface area (Å²) >= 11 is 0. The Bertz CT molecular complexity index is 846. The van der Waals surface area contributed by atoms with Gasteiger partial charge in [-0.25, -0.2) is 4.79 Å². The second kappa shape index (κ2) is 12.7. The molecule has 32 heavy (non-hydrogen) atoms. The Kier molecular flexibility index (Phi) is 10.0. The number of benzene rings is 2. The third-order valence-corrected chi connectivity index (χ3v) is 4.93. The topological polar surface area (TPSA) is 120 Å². The van der Waals surface area contributed by atoms with E-state index in [0.717, 1.165) is 16.9 Å². The number of amides is 3. The summed E-state index contributed by atoms with van der Waals surface area (Å²) in [5, 5.41) is 27.2. The molecule has 2 aromatic carbocycles. The molecule has 8 nitrogen and oxygen atoms in total. The van der Waals surface area contributed by atoms with Gasteiger partial charge >= 0.3 is 13.1 Å². The van der Waals surface area contributed by atoms with Crippen LogP contribution in [0.2, 0.25) is 0 Å². The molecule has 0 aromatic heterocycles. The van der Waals surface area contributed by atoms with Crippen LogP contribution in [0.25, 0.3) is 0 Å². The second-order valence-electron chi connectivity index (χ2n) is 8.08. The van der Waals surface area contributed by atoms with Crippen LogP contribution in [0.4, 0.5) is 4.79 Å². The molecule has 0 aliphatic heterocycles. The molecule has 0 radical (unpaired) electrons. The van der Waals surface area contributed by atoms with Crippen molar-refractivity contribution in [3.8, 4) is 5.75 Å². The minimum Gasteiger partial charge on any atom is -0.497 e. The van der Waals surface area contributed by atoms with Gasteiger partial charge in [-0.3, -0.25) is 4.79 Å². The first kappa shape index (κ1) is 25.2. The van der Waals surface area contributed by atoms with Gasteiger partial charge in [-0.1, -0.05) is 56.3 Å². The van der Waals surface area contributed by atoms with Crippen molar-refractivity contribution in [2.75, 3.05) is 7.11 Å². The normalized spacial score (nSPS) is 12.6. The lowest BCUT2D eigenvalue weighted by atomic mass is 9.75. The van der Waals surface area contributed by atoms with E-state index in [1.807, 2.05) is 68.4 Å². The van der Waals surface area contributed by atoms with E-state index in [0.29, 0.717) is 19.4 Å². The van der Waals surface area contributed by atoms with Gasteiger partial charge in [-0.2, -0.15) is 0 Å². The van der Waals surface area contributed by atoms with E-state index in [4.69, 9.17) is 4.74 Å². The zero-order valence-corrected chi connectivity index (χ0v) is 18.7. The largest absolute Gasteiger partial charge is 0.497 e. The summed E-state index contributed by atoms with van der Waals surface area (Å²) in [5.41, 5.74) is 1.78. The molecule has 5 N–H and O–H groups in total. The Morgan fingerprint density at radius 2 is 1.62 bits per heavy atom. The molecule has 0 aliphatic carbocycles. The first-order valence-electron chi connectivity index (χ1n) is 10.7. The number of nitrogens with one attached hydrogen (secondary N) is 3. The standard InChI is InChI=1S/C23H32BN3O5/c1-16(2)13-21(24(30)31)27-23(29)26-20(14-17-7-5-4-6-8-17)22(28)25-15-18-9-11-19(32-3)12-10-18/h4-12,16,20-21,30-31H,13-15H2,1-3H3,(H,25,28)(H2,26,27,29)/t20-,21-/m0/s1. The van der Waals surface area contributed by atoms with Gasteiger partial charge in [-0.05, 0) is 35.6 Å². The van der Waals surface area contributed by atoms with Gasteiger partial charge in [0.15, 0.2) is 0 Å². The number of hydrogen-bond donors (Lipinski definition) is 5. The molecule has 0 fully saturated rings. The van der Waals surface area contributed by atoms with Crippen molar-refractivity contribution in [1.29, 1.82) is 0 Å². The molecule has 0 spiro atoms. The van der Waals surface area contributed by atoms with Crippen LogP contribution in [-0.4, -0.2) is 48.2 Å². The molecular weight excluding hydrogens is 409 g/mol. The molecule has 0 bridgehead atoms. The molecule has 0 heterocycles. The average Bonchev–Trinajstić information content (AvgIpc) is 2.77. The molecule has 2 aromatic rings. The summed E-state index contributed by atoms with van der Waals surface area (Å²) in [5.74, 6) is -0.308. The smallest absolute Gasteiger partial charge is 0.475 e. The fourth-order valence-electron chi connectivity index (χ4n) is 3.25. The lowest BCUT2D eigenvalue weighted by molar-refractivity contribution is -0.123. The maximum absolute atomic E-state index is 12.9. The number of hydrogen-bond acceptors (Lipinski definition) is 5. The number of carbonyl (C=O) groups excluding carboxylic acids is 2. The number of ether oxygens (including phenoxy) is 1. The van der Waals surface area contributed by atoms with E-state index in [9.17, 15) is 19.6 Å².